The second kappa shape index (κ2) is 4.87. The number of sulfonamides is 1. The number of rotatable bonds is 2. The van der Waals surface area contributed by atoms with E-state index < -0.39 is 10.0 Å². The number of ether oxygens (including phenoxy) is 1. The van der Waals surface area contributed by atoms with Crippen molar-refractivity contribution in [1.82, 2.24) is 4.31 Å². The van der Waals surface area contributed by atoms with Crippen LogP contribution >= 0.6 is 0 Å². The fraction of sp³-hybridized carbons (Fsp3) is 0.500. The zero-order valence-electron chi connectivity index (χ0n) is 10.5. The number of morpholine rings is 1. The van der Waals surface area contributed by atoms with Crippen molar-refractivity contribution in [3.63, 3.8) is 0 Å². The van der Waals surface area contributed by atoms with Crippen molar-refractivity contribution >= 4 is 15.7 Å². The first-order valence-electron chi connectivity index (χ1n) is 5.91. The smallest absolute Gasteiger partial charge is 0.245 e. The first-order valence-corrected chi connectivity index (χ1v) is 7.35. The van der Waals surface area contributed by atoms with E-state index in [1.165, 1.54) is 10.4 Å². The van der Waals surface area contributed by atoms with Crippen molar-refractivity contribution in [3.8, 4) is 0 Å². The van der Waals surface area contributed by atoms with Gasteiger partial charge in [0.15, 0.2) is 0 Å². The standard InChI is InChI=1S/C12H18N2O3S/c1-9-7-14(8-10(2)17-9)18(15,16)12-6-4-3-5-11(12)13/h3-6,9-10H,7-8,13H2,1-2H3. The van der Waals surface area contributed by atoms with Gasteiger partial charge in [0.25, 0.3) is 0 Å². The van der Waals surface area contributed by atoms with Crippen LogP contribution in [0, 0.1) is 0 Å². The van der Waals surface area contributed by atoms with E-state index >= 15 is 0 Å². The van der Waals surface area contributed by atoms with Gasteiger partial charge in [-0.25, -0.2) is 8.42 Å². The monoisotopic (exact) mass is 270 g/mol. The maximum Gasteiger partial charge on any atom is 0.245 e. The molecule has 5 nitrogen and oxygen atoms in total. The van der Waals surface area contributed by atoms with Crippen LogP contribution in [0.1, 0.15) is 13.8 Å². The van der Waals surface area contributed by atoms with E-state index in [4.69, 9.17) is 10.5 Å². The Bertz CT molecular complexity index is 520. The molecule has 6 heteroatoms. The van der Waals surface area contributed by atoms with E-state index in [2.05, 4.69) is 0 Å². The number of nitrogens with two attached hydrogens (primary N) is 1. The third-order valence-electron chi connectivity index (χ3n) is 2.92. The van der Waals surface area contributed by atoms with Crippen molar-refractivity contribution in [2.24, 2.45) is 0 Å². The molecule has 18 heavy (non-hydrogen) atoms. The molecule has 2 rings (SSSR count). The molecule has 1 fully saturated rings. The largest absolute Gasteiger partial charge is 0.398 e. The minimum atomic E-state index is -3.53. The molecule has 0 aromatic heterocycles. The minimum absolute atomic E-state index is 0.103. The van der Waals surface area contributed by atoms with Crippen LogP contribution in [-0.2, 0) is 14.8 Å². The van der Waals surface area contributed by atoms with Crippen LogP contribution in [0.3, 0.4) is 0 Å². The summed E-state index contributed by atoms with van der Waals surface area (Å²) in [6.07, 6.45) is -0.207. The highest BCUT2D eigenvalue weighted by molar-refractivity contribution is 7.89. The van der Waals surface area contributed by atoms with Gasteiger partial charge in [-0.3, -0.25) is 0 Å². The predicted octanol–water partition coefficient (Wildman–Crippen LogP) is 1.07. The molecule has 0 amide bonds. The molecule has 2 atom stereocenters. The Morgan fingerprint density at radius 1 is 1.22 bits per heavy atom. The highest BCUT2D eigenvalue weighted by atomic mass is 32.2. The van der Waals surface area contributed by atoms with Crippen LogP contribution in [0.5, 0.6) is 0 Å². The van der Waals surface area contributed by atoms with Crippen LogP contribution in [0.4, 0.5) is 5.69 Å². The van der Waals surface area contributed by atoms with E-state index in [-0.39, 0.29) is 22.8 Å². The van der Waals surface area contributed by atoms with Crippen LogP contribution < -0.4 is 5.73 Å². The zero-order chi connectivity index (χ0) is 13.3. The molecular weight excluding hydrogens is 252 g/mol. The lowest BCUT2D eigenvalue weighted by atomic mass is 10.3. The Morgan fingerprint density at radius 2 is 1.78 bits per heavy atom. The van der Waals surface area contributed by atoms with E-state index in [0.29, 0.717) is 13.1 Å². The van der Waals surface area contributed by atoms with E-state index in [9.17, 15) is 8.42 Å². The molecule has 100 valence electrons. The molecule has 0 saturated carbocycles. The Morgan fingerprint density at radius 3 is 2.33 bits per heavy atom. The highest BCUT2D eigenvalue weighted by Crippen LogP contribution is 2.24. The SMILES string of the molecule is CC1CN(S(=O)(=O)c2ccccc2N)CC(C)O1. The molecule has 1 heterocycles. The van der Waals surface area contributed by atoms with Gasteiger partial charge in [-0.05, 0) is 26.0 Å². The van der Waals surface area contributed by atoms with Crippen LogP contribution in [0.2, 0.25) is 0 Å². The van der Waals surface area contributed by atoms with Gasteiger partial charge in [0.1, 0.15) is 4.90 Å². The molecule has 1 aliphatic heterocycles. The van der Waals surface area contributed by atoms with Crippen molar-refractivity contribution in [1.29, 1.82) is 0 Å². The lowest BCUT2D eigenvalue weighted by molar-refractivity contribution is -0.0440. The fourth-order valence-corrected chi connectivity index (χ4v) is 3.89. The summed E-state index contributed by atoms with van der Waals surface area (Å²) >= 11 is 0. The van der Waals surface area contributed by atoms with Gasteiger partial charge in [-0.15, -0.1) is 0 Å². The normalized spacial score (nSPS) is 26.1. The summed E-state index contributed by atoms with van der Waals surface area (Å²) in [6, 6.07) is 6.53. The van der Waals surface area contributed by atoms with Crippen LogP contribution in [0.15, 0.2) is 29.2 Å². The molecule has 0 bridgehead atoms. The third-order valence-corrected chi connectivity index (χ3v) is 4.83. The summed E-state index contributed by atoms with van der Waals surface area (Å²) in [6.45, 7) is 4.46. The van der Waals surface area contributed by atoms with Gasteiger partial charge in [-0.1, -0.05) is 12.1 Å². The summed E-state index contributed by atoms with van der Waals surface area (Å²) in [5, 5.41) is 0. The Hall–Kier alpha value is -1.11. The molecule has 2 unspecified atom stereocenters. The maximum atomic E-state index is 12.5. The van der Waals surface area contributed by atoms with Crippen LogP contribution in [-0.4, -0.2) is 38.0 Å². The Labute approximate surface area is 108 Å². The lowest BCUT2D eigenvalue weighted by Crippen LogP contribution is -2.48. The molecule has 0 radical (unpaired) electrons. The average Bonchev–Trinajstić information content (AvgIpc) is 2.28. The summed E-state index contributed by atoms with van der Waals surface area (Å²) in [4.78, 5) is 0.173. The molecule has 1 aromatic rings. The molecule has 1 aromatic carbocycles. The molecule has 2 N–H and O–H groups in total. The van der Waals surface area contributed by atoms with Gasteiger partial charge >= 0.3 is 0 Å². The summed E-state index contributed by atoms with van der Waals surface area (Å²) in [7, 11) is -3.53. The number of nitrogens with zero attached hydrogens (tertiary/aromatic N) is 1. The second-order valence-electron chi connectivity index (χ2n) is 4.62. The molecule has 1 saturated heterocycles. The van der Waals surface area contributed by atoms with Crippen LogP contribution in [0.25, 0.3) is 0 Å². The summed E-state index contributed by atoms with van der Waals surface area (Å²) in [5.41, 5.74) is 6.03. The molecule has 0 aliphatic carbocycles. The number of benzene rings is 1. The fourth-order valence-electron chi connectivity index (χ4n) is 2.18. The zero-order valence-corrected chi connectivity index (χ0v) is 11.4. The first-order chi connectivity index (χ1) is 8.41. The molecule has 0 spiro atoms. The Balaban J connectivity index is 2.34. The topological polar surface area (TPSA) is 72.6 Å². The number of hydrogen-bond donors (Lipinski definition) is 1. The van der Waals surface area contributed by atoms with Gasteiger partial charge < -0.3 is 10.5 Å². The van der Waals surface area contributed by atoms with Crippen molar-refractivity contribution in [2.45, 2.75) is 31.0 Å². The van der Waals surface area contributed by atoms with Gasteiger partial charge in [0.2, 0.25) is 10.0 Å². The molecular formula is C12H18N2O3S. The third kappa shape index (κ3) is 2.50. The highest BCUT2D eigenvalue weighted by Gasteiger charge is 2.32. The number of nitrogen functional groups attached to an aromatic ring is 1. The van der Waals surface area contributed by atoms with Crippen molar-refractivity contribution in [3.05, 3.63) is 24.3 Å². The number of hydrogen-bond acceptors (Lipinski definition) is 4. The average molecular weight is 270 g/mol. The lowest BCUT2D eigenvalue weighted by Gasteiger charge is -2.34. The quantitative estimate of drug-likeness (QED) is 0.816. The second-order valence-corrected chi connectivity index (χ2v) is 6.52. The Kier molecular flexibility index (Phi) is 3.61. The van der Waals surface area contributed by atoms with Crippen molar-refractivity contribution < 1.29 is 13.2 Å². The van der Waals surface area contributed by atoms with Gasteiger partial charge in [0.05, 0.1) is 17.9 Å². The number of anilines is 1. The molecule has 1 aliphatic rings. The van der Waals surface area contributed by atoms with Crippen molar-refractivity contribution in [2.75, 3.05) is 18.8 Å². The van der Waals surface area contributed by atoms with E-state index in [1.54, 1.807) is 18.2 Å². The predicted molar refractivity (Wildman–Crippen MR) is 69.6 cm³/mol. The van der Waals surface area contributed by atoms with Gasteiger partial charge in [0, 0.05) is 13.1 Å². The summed E-state index contributed by atoms with van der Waals surface area (Å²) < 4.78 is 32.0. The minimum Gasteiger partial charge on any atom is -0.398 e. The maximum absolute atomic E-state index is 12.5. The summed E-state index contributed by atoms with van der Waals surface area (Å²) in [5.74, 6) is 0. The van der Waals surface area contributed by atoms with Gasteiger partial charge in [-0.2, -0.15) is 4.31 Å². The number of para-hydroxylation sites is 1. The van der Waals surface area contributed by atoms with E-state index in [1.807, 2.05) is 13.8 Å². The first kappa shape index (κ1) is 13.3. The van der Waals surface area contributed by atoms with E-state index in [0.717, 1.165) is 0 Å².